The lowest BCUT2D eigenvalue weighted by molar-refractivity contribution is 0.0962. The summed E-state index contributed by atoms with van der Waals surface area (Å²) in [6, 6.07) is 16.5. The van der Waals surface area contributed by atoms with Gasteiger partial charge in [0.05, 0.1) is 7.11 Å². The van der Waals surface area contributed by atoms with Gasteiger partial charge in [-0.05, 0) is 35.2 Å². The van der Waals surface area contributed by atoms with Crippen molar-refractivity contribution in [2.24, 2.45) is 7.05 Å². The van der Waals surface area contributed by atoms with Crippen LogP contribution >= 0.6 is 0 Å². The number of aryl methyl sites for hydroxylation is 1. The van der Waals surface area contributed by atoms with Gasteiger partial charge in [0.2, 0.25) is 0 Å². The molecule has 4 aromatic rings. The molecular weight excluding hydrogens is 362 g/mol. The maximum atomic E-state index is 12.8. The van der Waals surface area contributed by atoms with Gasteiger partial charge in [-0.1, -0.05) is 37.3 Å². The van der Waals surface area contributed by atoms with Crippen molar-refractivity contribution in [3.8, 4) is 5.75 Å². The normalized spacial score (nSPS) is 12.2. The Morgan fingerprint density at radius 1 is 1.17 bits per heavy atom. The molecule has 148 valence electrons. The van der Waals surface area contributed by atoms with Crippen LogP contribution in [-0.4, -0.2) is 27.0 Å². The molecule has 1 atom stereocenters. The Balaban J connectivity index is 1.70. The van der Waals surface area contributed by atoms with Gasteiger partial charge in [0.15, 0.2) is 11.6 Å². The first kappa shape index (κ1) is 19.0. The van der Waals surface area contributed by atoms with Crippen LogP contribution in [-0.2, 0) is 13.6 Å². The lowest BCUT2D eigenvalue weighted by atomic mass is 9.95. The molecule has 2 heterocycles. The lowest BCUT2D eigenvalue weighted by Gasteiger charge is -2.10. The second kappa shape index (κ2) is 7.95. The van der Waals surface area contributed by atoms with Gasteiger partial charge in [-0.25, -0.2) is 4.98 Å². The molecule has 1 unspecified atom stereocenters. The first-order valence-electron chi connectivity index (χ1n) is 9.78. The number of carbonyl (C=O) groups is 1. The summed E-state index contributed by atoms with van der Waals surface area (Å²) >= 11 is 0. The van der Waals surface area contributed by atoms with Gasteiger partial charge in [-0.2, -0.15) is 0 Å². The van der Waals surface area contributed by atoms with Crippen molar-refractivity contribution in [1.29, 1.82) is 0 Å². The van der Waals surface area contributed by atoms with E-state index in [0.717, 1.165) is 28.8 Å². The molecule has 5 nitrogen and oxygen atoms in total. The molecule has 2 aromatic heterocycles. The predicted molar refractivity (Wildman–Crippen MR) is 115 cm³/mol. The summed E-state index contributed by atoms with van der Waals surface area (Å²) in [7, 11) is 3.53. The van der Waals surface area contributed by atoms with Crippen molar-refractivity contribution >= 4 is 16.7 Å². The number of ether oxygens (including phenoxy) is 1. The van der Waals surface area contributed by atoms with E-state index in [-0.39, 0.29) is 11.7 Å². The van der Waals surface area contributed by atoms with Crippen LogP contribution in [0.15, 0.2) is 67.1 Å². The third-order valence-electron chi connectivity index (χ3n) is 5.41. The molecule has 5 heteroatoms. The Morgan fingerprint density at radius 2 is 1.97 bits per heavy atom. The summed E-state index contributed by atoms with van der Waals surface area (Å²) in [6.07, 6.45) is 6.04. The van der Waals surface area contributed by atoms with Gasteiger partial charge >= 0.3 is 0 Å². The van der Waals surface area contributed by atoms with Gasteiger partial charge in [0.1, 0.15) is 5.75 Å². The largest absolute Gasteiger partial charge is 0.497 e. The molecule has 0 saturated carbocycles. The maximum Gasteiger partial charge on any atom is 0.198 e. The highest BCUT2D eigenvalue weighted by Crippen LogP contribution is 2.33. The minimum atomic E-state index is 0.0526. The molecule has 4 rings (SSSR count). The fourth-order valence-corrected chi connectivity index (χ4v) is 3.85. The van der Waals surface area contributed by atoms with E-state index < -0.39 is 0 Å². The minimum Gasteiger partial charge on any atom is -0.497 e. The summed E-state index contributed by atoms with van der Waals surface area (Å²) in [5, 5.41) is 1.13. The van der Waals surface area contributed by atoms with Crippen LogP contribution in [0.25, 0.3) is 10.9 Å². The molecule has 0 spiro atoms. The van der Waals surface area contributed by atoms with E-state index >= 15 is 0 Å². The van der Waals surface area contributed by atoms with Gasteiger partial charge in [0, 0.05) is 49.5 Å². The van der Waals surface area contributed by atoms with E-state index in [1.165, 1.54) is 5.56 Å². The molecular formula is C24H25N3O2. The van der Waals surface area contributed by atoms with Gasteiger partial charge in [0.25, 0.3) is 0 Å². The maximum absolute atomic E-state index is 12.8. The Morgan fingerprint density at radius 3 is 2.66 bits per heavy atom. The predicted octanol–water partition coefficient (Wildman–Crippen LogP) is 4.81. The molecule has 0 radical (unpaired) electrons. The summed E-state index contributed by atoms with van der Waals surface area (Å²) < 4.78 is 9.48. The molecule has 0 aliphatic carbocycles. The zero-order valence-corrected chi connectivity index (χ0v) is 17.0. The molecule has 0 amide bonds. The van der Waals surface area contributed by atoms with Crippen LogP contribution in [0, 0.1) is 0 Å². The van der Waals surface area contributed by atoms with E-state index in [4.69, 9.17) is 4.74 Å². The van der Waals surface area contributed by atoms with Gasteiger partial charge in [-0.15, -0.1) is 0 Å². The SMILES string of the molecule is COc1ccc2c(c1)c(C(C)CC(=O)c1nccn1C)cn2Cc1ccccc1. The lowest BCUT2D eigenvalue weighted by Crippen LogP contribution is -2.10. The van der Waals surface area contributed by atoms with Crippen LogP contribution in [0.3, 0.4) is 0 Å². The molecule has 0 bridgehead atoms. The average Bonchev–Trinajstić information content (AvgIpc) is 3.32. The van der Waals surface area contributed by atoms with Crippen molar-refractivity contribution in [3.05, 3.63) is 84.1 Å². The summed E-state index contributed by atoms with van der Waals surface area (Å²) in [5.41, 5.74) is 3.53. The van der Waals surface area contributed by atoms with Crippen molar-refractivity contribution in [1.82, 2.24) is 14.1 Å². The summed E-state index contributed by atoms with van der Waals surface area (Å²) in [6.45, 7) is 2.88. The first-order chi connectivity index (χ1) is 14.1. The Bertz CT molecular complexity index is 1140. The van der Waals surface area contributed by atoms with Crippen molar-refractivity contribution in [2.45, 2.75) is 25.8 Å². The van der Waals surface area contributed by atoms with Crippen LogP contribution in [0.4, 0.5) is 0 Å². The smallest absolute Gasteiger partial charge is 0.198 e. The van der Waals surface area contributed by atoms with Crippen molar-refractivity contribution < 1.29 is 9.53 Å². The quantitative estimate of drug-likeness (QED) is 0.428. The minimum absolute atomic E-state index is 0.0526. The number of nitrogens with zero attached hydrogens (tertiary/aromatic N) is 3. The van der Waals surface area contributed by atoms with Crippen LogP contribution in [0.1, 0.15) is 41.0 Å². The van der Waals surface area contributed by atoms with Gasteiger partial charge in [-0.3, -0.25) is 4.79 Å². The molecule has 2 aromatic carbocycles. The fraction of sp³-hybridized carbons (Fsp3) is 0.250. The van der Waals surface area contributed by atoms with E-state index in [1.807, 2.05) is 19.2 Å². The fourth-order valence-electron chi connectivity index (χ4n) is 3.85. The first-order valence-corrected chi connectivity index (χ1v) is 9.78. The molecule has 0 fully saturated rings. The molecule has 0 saturated heterocycles. The number of hydrogen-bond acceptors (Lipinski definition) is 3. The highest BCUT2D eigenvalue weighted by molar-refractivity contribution is 5.94. The number of Topliss-reactive ketones (excluding diaryl/α,β-unsaturated/α-hetero) is 1. The third-order valence-corrected chi connectivity index (χ3v) is 5.41. The number of benzene rings is 2. The van der Waals surface area contributed by atoms with Crippen LogP contribution < -0.4 is 4.74 Å². The summed E-state index contributed by atoms with van der Waals surface area (Å²) in [4.78, 5) is 17.0. The number of fused-ring (bicyclic) bond motifs is 1. The van der Waals surface area contributed by atoms with E-state index in [0.29, 0.717) is 12.2 Å². The average molecular weight is 387 g/mol. The third kappa shape index (κ3) is 3.81. The number of hydrogen-bond donors (Lipinski definition) is 0. The Hall–Kier alpha value is -3.34. The summed E-state index contributed by atoms with van der Waals surface area (Å²) in [5.74, 6) is 1.43. The Labute approximate surface area is 170 Å². The van der Waals surface area contributed by atoms with Gasteiger partial charge < -0.3 is 13.9 Å². The number of methoxy groups -OCH3 is 1. The second-order valence-electron chi connectivity index (χ2n) is 7.47. The standard InChI is InChI=1S/C24H25N3O2/c1-17(13-23(28)24-25-11-12-26(24)2)21-16-27(15-18-7-5-4-6-8-18)22-10-9-19(29-3)14-20(21)22/h4-12,14,16-17H,13,15H2,1-3H3. The van der Waals surface area contributed by atoms with E-state index in [1.54, 1.807) is 24.1 Å². The monoisotopic (exact) mass is 387 g/mol. The van der Waals surface area contributed by atoms with E-state index in [2.05, 4.69) is 59.1 Å². The molecule has 0 N–H and O–H groups in total. The van der Waals surface area contributed by atoms with Crippen LogP contribution in [0.5, 0.6) is 5.75 Å². The number of imidazole rings is 1. The highest BCUT2D eigenvalue weighted by atomic mass is 16.5. The number of rotatable bonds is 7. The zero-order valence-electron chi connectivity index (χ0n) is 17.0. The molecule has 29 heavy (non-hydrogen) atoms. The van der Waals surface area contributed by atoms with Crippen molar-refractivity contribution in [2.75, 3.05) is 7.11 Å². The number of carbonyl (C=O) groups excluding carboxylic acids is 1. The number of aromatic nitrogens is 3. The van der Waals surface area contributed by atoms with Crippen LogP contribution in [0.2, 0.25) is 0 Å². The number of ketones is 1. The molecule has 0 aliphatic heterocycles. The van der Waals surface area contributed by atoms with E-state index in [9.17, 15) is 4.79 Å². The highest BCUT2D eigenvalue weighted by Gasteiger charge is 2.20. The Kier molecular flexibility index (Phi) is 5.21. The topological polar surface area (TPSA) is 49.0 Å². The molecule has 0 aliphatic rings. The van der Waals surface area contributed by atoms with Crippen molar-refractivity contribution in [3.63, 3.8) is 0 Å². The second-order valence-corrected chi connectivity index (χ2v) is 7.47. The zero-order chi connectivity index (χ0) is 20.4.